The number of nitrogens with two attached hydrogens (primary N) is 1. The highest BCUT2D eigenvalue weighted by molar-refractivity contribution is 5.10. The quantitative estimate of drug-likeness (QED) is 0.824. The third-order valence-electron chi connectivity index (χ3n) is 3.69. The molecule has 1 fully saturated rings. The SMILES string of the molecule is CC(C)C(N)c1ncc(C2CCCCC2)[nH]1. The normalized spacial score (nSPS) is 20.2. The Labute approximate surface area is 97.8 Å². The number of H-pyrrole nitrogens is 1. The van der Waals surface area contributed by atoms with Crippen molar-refractivity contribution in [2.45, 2.75) is 57.9 Å². The van der Waals surface area contributed by atoms with Gasteiger partial charge in [0.15, 0.2) is 0 Å². The molecule has 1 aromatic rings. The van der Waals surface area contributed by atoms with Crippen LogP contribution in [0.4, 0.5) is 0 Å². The summed E-state index contributed by atoms with van der Waals surface area (Å²) in [5.41, 5.74) is 7.38. The molecular weight excluding hydrogens is 198 g/mol. The summed E-state index contributed by atoms with van der Waals surface area (Å²) in [7, 11) is 0. The number of hydrogen-bond donors (Lipinski definition) is 2. The highest BCUT2D eigenvalue weighted by Gasteiger charge is 2.20. The summed E-state index contributed by atoms with van der Waals surface area (Å²) >= 11 is 0. The average molecular weight is 221 g/mol. The predicted molar refractivity (Wildman–Crippen MR) is 66.2 cm³/mol. The van der Waals surface area contributed by atoms with Gasteiger partial charge in [0.2, 0.25) is 0 Å². The molecule has 0 bridgehead atoms. The second-order valence-electron chi connectivity index (χ2n) is 5.33. The lowest BCUT2D eigenvalue weighted by Gasteiger charge is -2.20. The zero-order valence-electron chi connectivity index (χ0n) is 10.4. The molecule has 16 heavy (non-hydrogen) atoms. The van der Waals surface area contributed by atoms with Gasteiger partial charge in [0, 0.05) is 17.8 Å². The lowest BCUT2D eigenvalue weighted by molar-refractivity contribution is 0.435. The maximum atomic E-state index is 6.09. The molecule has 0 saturated heterocycles. The van der Waals surface area contributed by atoms with Crippen LogP contribution in [0.3, 0.4) is 0 Å². The van der Waals surface area contributed by atoms with E-state index in [4.69, 9.17) is 5.73 Å². The van der Waals surface area contributed by atoms with Crippen LogP contribution in [-0.4, -0.2) is 9.97 Å². The minimum Gasteiger partial charge on any atom is -0.344 e. The Morgan fingerprint density at radius 2 is 2.00 bits per heavy atom. The summed E-state index contributed by atoms with van der Waals surface area (Å²) in [6.45, 7) is 4.26. The van der Waals surface area contributed by atoms with Gasteiger partial charge in [-0.1, -0.05) is 33.1 Å². The molecule has 1 saturated carbocycles. The highest BCUT2D eigenvalue weighted by Crippen LogP contribution is 2.32. The second-order valence-corrected chi connectivity index (χ2v) is 5.33. The minimum atomic E-state index is 0.0392. The molecule has 1 aliphatic carbocycles. The fourth-order valence-corrected chi connectivity index (χ4v) is 2.46. The van der Waals surface area contributed by atoms with E-state index in [1.165, 1.54) is 37.8 Å². The van der Waals surface area contributed by atoms with Crippen molar-refractivity contribution in [3.63, 3.8) is 0 Å². The van der Waals surface area contributed by atoms with Crippen molar-refractivity contribution in [3.8, 4) is 0 Å². The Kier molecular flexibility index (Phi) is 3.64. The van der Waals surface area contributed by atoms with E-state index in [1.54, 1.807) is 0 Å². The average Bonchev–Trinajstić information content (AvgIpc) is 2.78. The smallest absolute Gasteiger partial charge is 0.123 e. The van der Waals surface area contributed by atoms with Crippen LogP contribution in [0.15, 0.2) is 6.20 Å². The fourth-order valence-electron chi connectivity index (χ4n) is 2.46. The molecule has 3 N–H and O–H groups in total. The van der Waals surface area contributed by atoms with Crippen LogP contribution in [0.25, 0.3) is 0 Å². The maximum Gasteiger partial charge on any atom is 0.123 e. The fraction of sp³-hybridized carbons (Fsp3) is 0.769. The Balaban J connectivity index is 2.06. The molecule has 3 nitrogen and oxygen atoms in total. The van der Waals surface area contributed by atoms with Crippen molar-refractivity contribution in [3.05, 3.63) is 17.7 Å². The first-order valence-corrected chi connectivity index (χ1v) is 6.49. The molecule has 3 heteroatoms. The zero-order valence-corrected chi connectivity index (χ0v) is 10.4. The topological polar surface area (TPSA) is 54.7 Å². The minimum absolute atomic E-state index is 0.0392. The largest absolute Gasteiger partial charge is 0.344 e. The van der Waals surface area contributed by atoms with E-state index in [9.17, 15) is 0 Å². The van der Waals surface area contributed by atoms with E-state index in [1.807, 2.05) is 6.20 Å². The van der Waals surface area contributed by atoms with E-state index in [-0.39, 0.29) is 6.04 Å². The molecule has 1 aliphatic rings. The third kappa shape index (κ3) is 2.46. The highest BCUT2D eigenvalue weighted by atomic mass is 15.0. The van der Waals surface area contributed by atoms with Gasteiger partial charge in [-0.05, 0) is 18.8 Å². The van der Waals surface area contributed by atoms with E-state index >= 15 is 0 Å². The Hall–Kier alpha value is -0.830. The second kappa shape index (κ2) is 5.00. The van der Waals surface area contributed by atoms with E-state index in [0.29, 0.717) is 11.8 Å². The van der Waals surface area contributed by atoms with Crippen LogP contribution in [0.5, 0.6) is 0 Å². The van der Waals surface area contributed by atoms with E-state index < -0.39 is 0 Å². The lowest BCUT2D eigenvalue weighted by Crippen LogP contribution is -2.18. The van der Waals surface area contributed by atoms with Crippen LogP contribution < -0.4 is 5.73 Å². The number of aromatic amines is 1. The molecule has 0 radical (unpaired) electrons. The number of hydrogen-bond acceptors (Lipinski definition) is 2. The number of nitrogens with zero attached hydrogens (tertiary/aromatic N) is 1. The van der Waals surface area contributed by atoms with Crippen molar-refractivity contribution in [1.29, 1.82) is 0 Å². The monoisotopic (exact) mass is 221 g/mol. The van der Waals surface area contributed by atoms with Crippen molar-refractivity contribution in [2.24, 2.45) is 11.7 Å². The van der Waals surface area contributed by atoms with Gasteiger partial charge in [-0.15, -0.1) is 0 Å². The molecule has 1 atom stereocenters. The molecule has 1 aromatic heterocycles. The van der Waals surface area contributed by atoms with Gasteiger partial charge in [-0.2, -0.15) is 0 Å². The van der Waals surface area contributed by atoms with Crippen molar-refractivity contribution in [2.75, 3.05) is 0 Å². The maximum absolute atomic E-state index is 6.09. The molecule has 0 amide bonds. The third-order valence-corrected chi connectivity index (χ3v) is 3.69. The number of imidazole rings is 1. The summed E-state index contributed by atoms with van der Waals surface area (Å²) in [4.78, 5) is 7.86. The first-order chi connectivity index (χ1) is 7.68. The Morgan fingerprint density at radius 3 is 2.62 bits per heavy atom. The molecule has 90 valence electrons. The van der Waals surface area contributed by atoms with Crippen molar-refractivity contribution < 1.29 is 0 Å². The summed E-state index contributed by atoms with van der Waals surface area (Å²) in [5, 5.41) is 0. The van der Waals surface area contributed by atoms with E-state index in [2.05, 4.69) is 23.8 Å². The van der Waals surface area contributed by atoms with Gasteiger partial charge in [-0.3, -0.25) is 0 Å². The number of aromatic nitrogens is 2. The van der Waals surface area contributed by atoms with Crippen LogP contribution >= 0.6 is 0 Å². The standard InChI is InChI=1S/C13H23N3/c1-9(2)12(14)13-15-8-11(16-13)10-6-4-3-5-7-10/h8-10,12H,3-7,14H2,1-2H3,(H,15,16). The van der Waals surface area contributed by atoms with Crippen molar-refractivity contribution >= 4 is 0 Å². The van der Waals surface area contributed by atoms with Crippen LogP contribution in [-0.2, 0) is 0 Å². The van der Waals surface area contributed by atoms with Gasteiger partial charge in [0.1, 0.15) is 5.82 Å². The van der Waals surface area contributed by atoms with Gasteiger partial charge >= 0.3 is 0 Å². The van der Waals surface area contributed by atoms with Gasteiger partial charge in [0.25, 0.3) is 0 Å². The predicted octanol–water partition coefficient (Wildman–Crippen LogP) is 3.11. The van der Waals surface area contributed by atoms with E-state index in [0.717, 1.165) is 5.82 Å². The number of nitrogens with one attached hydrogen (secondary N) is 1. The molecule has 1 unspecified atom stereocenters. The van der Waals surface area contributed by atoms with Crippen molar-refractivity contribution in [1.82, 2.24) is 9.97 Å². The first kappa shape index (κ1) is 11.6. The molecule has 2 rings (SSSR count). The lowest BCUT2D eigenvalue weighted by atomic mass is 9.87. The molecule has 1 heterocycles. The number of rotatable bonds is 3. The first-order valence-electron chi connectivity index (χ1n) is 6.49. The van der Waals surface area contributed by atoms with Gasteiger partial charge < -0.3 is 10.7 Å². The summed E-state index contributed by atoms with van der Waals surface area (Å²) in [5.74, 6) is 2.08. The summed E-state index contributed by atoms with van der Waals surface area (Å²) < 4.78 is 0. The summed E-state index contributed by atoms with van der Waals surface area (Å²) in [6, 6.07) is 0.0392. The zero-order chi connectivity index (χ0) is 11.5. The van der Waals surface area contributed by atoms with Gasteiger partial charge in [-0.25, -0.2) is 4.98 Å². The van der Waals surface area contributed by atoms with Gasteiger partial charge in [0.05, 0.1) is 6.04 Å². The Bertz CT molecular complexity index is 324. The van der Waals surface area contributed by atoms with Crippen LogP contribution in [0.2, 0.25) is 0 Å². The molecule has 0 spiro atoms. The Morgan fingerprint density at radius 1 is 1.31 bits per heavy atom. The van der Waals surface area contributed by atoms with Crippen LogP contribution in [0.1, 0.15) is 69.4 Å². The molecule has 0 aromatic carbocycles. The van der Waals surface area contributed by atoms with Crippen LogP contribution in [0, 0.1) is 5.92 Å². The molecular formula is C13H23N3. The molecule has 0 aliphatic heterocycles. The summed E-state index contributed by atoms with van der Waals surface area (Å²) in [6.07, 6.45) is 8.71.